The Balaban J connectivity index is 2.83. The van der Waals surface area contributed by atoms with E-state index in [-0.39, 0.29) is 5.69 Å². The number of carbonyl (C=O) groups is 2. The van der Waals surface area contributed by atoms with E-state index in [0.717, 1.165) is 13.3 Å². The van der Waals surface area contributed by atoms with Gasteiger partial charge in [-0.1, -0.05) is 0 Å². The van der Waals surface area contributed by atoms with E-state index in [2.05, 4.69) is 10.1 Å². The lowest BCUT2D eigenvalue weighted by Crippen LogP contribution is -2.44. The van der Waals surface area contributed by atoms with Gasteiger partial charge in [0.05, 0.1) is 13.7 Å². The van der Waals surface area contributed by atoms with Gasteiger partial charge in [-0.25, -0.2) is 4.79 Å². The van der Waals surface area contributed by atoms with Crippen LogP contribution >= 0.6 is 0 Å². The maximum absolute atomic E-state index is 12.3. The van der Waals surface area contributed by atoms with Crippen LogP contribution in [0, 0.1) is 0 Å². The summed E-state index contributed by atoms with van der Waals surface area (Å²) in [6, 6.07) is 1.11. The number of nitrogens with one attached hydrogen (secondary N) is 1. The van der Waals surface area contributed by atoms with Crippen LogP contribution in [0.5, 0.6) is 0 Å². The van der Waals surface area contributed by atoms with Crippen LogP contribution in [0.15, 0.2) is 18.3 Å². The number of methoxy groups -OCH3 is 1. The van der Waals surface area contributed by atoms with Crippen LogP contribution in [0.3, 0.4) is 0 Å². The van der Waals surface area contributed by atoms with E-state index in [0.29, 0.717) is 4.57 Å². The zero-order valence-electron chi connectivity index (χ0n) is 10.5. The van der Waals surface area contributed by atoms with Gasteiger partial charge in [-0.3, -0.25) is 4.79 Å². The molecule has 1 unspecified atom stereocenters. The zero-order valence-corrected chi connectivity index (χ0v) is 10.5. The van der Waals surface area contributed by atoms with Crippen molar-refractivity contribution in [2.45, 2.75) is 18.8 Å². The Morgan fingerprint density at radius 2 is 2.15 bits per heavy atom. The molecule has 0 spiro atoms. The van der Waals surface area contributed by atoms with Gasteiger partial charge in [0.15, 0.2) is 6.04 Å². The molecule has 112 valence electrons. The molecule has 0 fully saturated rings. The number of aliphatic hydroxyl groups is 1. The first-order valence-corrected chi connectivity index (χ1v) is 5.50. The van der Waals surface area contributed by atoms with E-state index in [1.807, 2.05) is 0 Å². The van der Waals surface area contributed by atoms with Crippen molar-refractivity contribution in [3.63, 3.8) is 0 Å². The molecule has 1 amide bonds. The minimum atomic E-state index is -4.48. The lowest BCUT2D eigenvalue weighted by Gasteiger charge is -2.15. The largest absolute Gasteiger partial charge is 0.467 e. The van der Waals surface area contributed by atoms with E-state index in [9.17, 15) is 22.8 Å². The Kier molecular flexibility index (Phi) is 5.14. The molecular weight excluding hydrogens is 281 g/mol. The summed E-state index contributed by atoms with van der Waals surface area (Å²) in [6.45, 7) is -2.05. The van der Waals surface area contributed by atoms with Crippen LogP contribution in [0.1, 0.15) is 10.5 Å². The number of ether oxygens (including phenoxy) is 1. The molecule has 0 aromatic carbocycles. The minimum Gasteiger partial charge on any atom is -0.467 e. The summed E-state index contributed by atoms with van der Waals surface area (Å²) < 4.78 is 41.9. The molecule has 0 aliphatic rings. The van der Waals surface area contributed by atoms with Gasteiger partial charge in [0.25, 0.3) is 5.91 Å². The second-order valence-corrected chi connectivity index (χ2v) is 3.87. The van der Waals surface area contributed by atoms with Crippen LogP contribution in [-0.4, -0.2) is 47.5 Å². The van der Waals surface area contributed by atoms with Crippen LogP contribution in [0.25, 0.3) is 0 Å². The maximum atomic E-state index is 12.3. The Morgan fingerprint density at radius 3 is 2.65 bits per heavy atom. The third-order valence-corrected chi connectivity index (χ3v) is 2.39. The number of aliphatic hydroxyl groups excluding tert-OH is 1. The number of carbonyl (C=O) groups excluding carboxylic acids is 2. The Bertz CT molecular complexity index is 484. The predicted molar refractivity (Wildman–Crippen MR) is 60.8 cm³/mol. The second kappa shape index (κ2) is 6.42. The third kappa shape index (κ3) is 4.26. The normalized spacial score (nSPS) is 12.8. The van der Waals surface area contributed by atoms with Crippen molar-refractivity contribution in [3.8, 4) is 0 Å². The van der Waals surface area contributed by atoms with Crippen molar-refractivity contribution in [1.82, 2.24) is 9.88 Å². The summed E-state index contributed by atoms with van der Waals surface area (Å²) in [5.74, 6) is -1.81. The van der Waals surface area contributed by atoms with Crippen molar-refractivity contribution in [2.75, 3.05) is 13.7 Å². The maximum Gasteiger partial charge on any atom is 0.406 e. The SMILES string of the molecule is COC(=O)C(CO)NC(=O)c1cccn1CC(F)(F)F. The lowest BCUT2D eigenvalue weighted by atomic mass is 10.3. The zero-order chi connectivity index (χ0) is 15.3. The van der Waals surface area contributed by atoms with Gasteiger partial charge >= 0.3 is 12.1 Å². The van der Waals surface area contributed by atoms with E-state index in [4.69, 9.17) is 5.11 Å². The van der Waals surface area contributed by atoms with Crippen LogP contribution in [0.4, 0.5) is 13.2 Å². The first-order valence-electron chi connectivity index (χ1n) is 5.50. The molecule has 2 N–H and O–H groups in total. The highest BCUT2D eigenvalue weighted by molar-refractivity contribution is 5.95. The molecule has 0 aliphatic heterocycles. The van der Waals surface area contributed by atoms with Crippen LogP contribution < -0.4 is 5.32 Å². The average Bonchev–Trinajstić information content (AvgIpc) is 2.80. The molecule has 9 heteroatoms. The van der Waals surface area contributed by atoms with E-state index in [1.165, 1.54) is 12.1 Å². The molecule has 1 atom stereocenters. The topological polar surface area (TPSA) is 80.6 Å². The molecular formula is C11H13F3N2O4. The van der Waals surface area contributed by atoms with Gasteiger partial charge in [-0.05, 0) is 12.1 Å². The molecule has 0 saturated heterocycles. The molecule has 0 saturated carbocycles. The van der Waals surface area contributed by atoms with Crippen LogP contribution in [0.2, 0.25) is 0 Å². The standard InChI is InChI=1S/C11H13F3N2O4/c1-20-10(19)7(5-17)15-9(18)8-3-2-4-16(8)6-11(12,13)14/h2-4,7,17H,5-6H2,1H3,(H,15,18). The van der Waals surface area contributed by atoms with Crippen LogP contribution in [-0.2, 0) is 16.1 Å². The van der Waals surface area contributed by atoms with Crippen molar-refractivity contribution >= 4 is 11.9 Å². The van der Waals surface area contributed by atoms with Gasteiger partial charge in [0, 0.05) is 6.20 Å². The molecule has 1 rings (SSSR count). The number of aromatic nitrogens is 1. The third-order valence-electron chi connectivity index (χ3n) is 2.39. The first-order chi connectivity index (χ1) is 9.28. The number of hydrogen-bond acceptors (Lipinski definition) is 4. The number of amides is 1. The van der Waals surface area contributed by atoms with Gasteiger partial charge < -0.3 is 19.7 Å². The monoisotopic (exact) mass is 294 g/mol. The van der Waals surface area contributed by atoms with E-state index < -0.39 is 37.2 Å². The minimum absolute atomic E-state index is 0.273. The smallest absolute Gasteiger partial charge is 0.406 e. The highest BCUT2D eigenvalue weighted by Crippen LogP contribution is 2.19. The lowest BCUT2D eigenvalue weighted by molar-refractivity contribution is -0.144. The fraction of sp³-hybridized carbons (Fsp3) is 0.455. The van der Waals surface area contributed by atoms with Crippen molar-refractivity contribution < 1.29 is 32.6 Å². The fourth-order valence-electron chi connectivity index (χ4n) is 1.50. The Labute approximate surface area is 112 Å². The Morgan fingerprint density at radius 1 is 1.50 bits per heavy atom. The van der Waals surface area contributed by atoms with Gasteiger partial charge in [0.1, 0.15) is 12.2 Å². The average molecular weight is 294 g/mol. The van der Waals surface area contributed by atoms with Crippen molar-refractivity contribution in [1.29, 1.82) is 0 Å². The number of alkyl halides is 3. The van der Waals surface area contributed by atoms with Gasteiger partial charge in [-0.15, -0.1) is 0 Å². The van der Waals surface area contributed by atoms with E-state index >= 15 is 0 Å². The number of halogens is 3. The van der Waals surface area contributed by atoms with Gasteiger partial charge in [-0.2, -0.15) is 13.2 Å². The molecule has 20 heavy (non-hydrogen) atoms. The highest BCUT2D eigenvalue weighted by atomic mass is 19.4. The van der Waals surface area contributed by atoms with Crippen molar-refractivity contribution in [3.05, 3.63) is 24.0 Å². The second-order valence-electron chi connectivity index (χ2n) is 3.87. The molecule has 1 heterocycles. The quantitative estimate of drug-likeness (QED) is 0.766. The summed E-state index contributed by atoms with van der Waals surface area (Å²) in [5, 5.41) is 11.0. The number of hydrogen-bond donors (Lipinski definition) is 2. The summed E-state index contributed by atoms with van der Waals surface area (Å²) in [4.78, 5) is 23.0. The summed E-state index contributed by atoms with van der Waals surface area (Å²) in [7, 11) is 1.06. The molecule has 0 bridgehead atoms. The van der Waals surface area contributed by atoms with Crippen molar-refractivity contribution in [2.24, 2.45) is 0 Å². The molecule has 1 aromatic rings. The number of rotatable bonds is 5. The molecule has 1 aromatic heterocycles. The Hall–Kier alpha value is -2.03. The summed E-state index contributed by atoms with van der Waals surface area (Å²) in [6.07, 6.45) is -3.39. The predicted octanol–water partition coefficient (Wildman–Crippen LogP) is 0.314. The fourth-order valence-corrected chi connectivity index (χ4v) is 1.50. The summed E-state index contributed by atoms with van der Waals surface area (Å²) in [5.41, 5.74) is -0.273. The first kappa shape index (κ1) is 16.0. The van der Waals surface area contributed by atoms with E-state index in [1.54, 1.807) is 0 Å². The van der Waals surface area contributed by atoms with Gasteiger partial charge in [0.2, 0.25) is 0 Å². The highest BCUT2D eigenvalue weighted by Gasteiger charge is 2.30. The molecule has 6 nitrogen and oxygen atoms in total. The molecule has 0 radical (unpaired) electrons. The number of nitrogens with zero attached hydrogens (tertiary/aromatic N) is 1. The molecule has 0 aliphatic carbocycles. The number of esters is 1. The summed E-state index contributed by atoms with van der Waals surface area (Å²) >= 11 is 0.